The maximum Gasteiger partial charge on any atom is 0.131 e. The molecule has 5 nitrogen and oxygen atoms in total. The highest BCUT2D eigenvalue weighted by molar-refractivity contribution is 5.84. The highest BCUT2D eigenvalue weighted by Crippen LogP contribution is 2.52. The monoisotopic (exact) mass is 236 g/mol. The van der Waals surface area contributed by atoms with Crippen LogP contribution >= 0.6 is 0 Å². The van der Waals surface area contributed by atoms with Gasteiger partial charge in [0.15, 0.2) is 0 Å². The quantitative estimate of drug-likeness (QED) is 0.404. The second-order valence-electron chi connectivity index (χ2n) is 4.62. The van der Waals surface area contributed by atoms with Gasteiger partial charge in [-0.25, -0.2) is 9.37 Å². The summed E-state index contributed by atoms with van der Waals surface area (Å²) < 4.78 is 13.0. The highest BCUT2D eigenvalue weighted by Gasteiger charge is 2.58. The van der Waals surface area contributed by atoms with Crippen molar-refractivity contribution in [3.63, 3.8) is 0 Å². The summed E-state index contributed by atoms with van der Waals surface area (Å²) in [7, 11) is 0. The van der Waals surface area contributed by atoms with Crippen LogP contribution in [0.5, 0.6) is 0 Å². The minimum absolute atomic E-state index is 0.129. The Balaban J connectivity index is 1.67. The van der Waals surface area contributed by atoms with Gasteiger partial charge in [0.1, 0.15) is 17.5 Å². The minimum Gasteiger partial charge on any atom is -0.356 e. The lowest BCUT2D eigenvalue weighted by Gasteiger charge is -2.20. The Morgan fingerprint density at radius 1 is 1.53 bits per heavy atom. The second-order valence-corrected chi connectivity index (χ2v) is 4.62. The van der Waals surface area contributed by atoms with E-state index in [9.17, 15) is 4.39 Å². The van der Waals surface area contributed by atoms with E-state index in [2.05, 4.69) is 4.98 Å². The molecule has 0 amide bonds. The SMILES string of the molecule is N=C(NO)C1C2CN(c3cc(F)ccn3)CC21. The van der Waals surface area contributed by atoms with Crippen LogP contribution in [0.25, 0.3) is 0 Å². The molecular formula is C11H13FN4O. The third kappa shape index (κ3) is 1.64. The Labute approximate surface area is 97.7 Å². The van der Waals surface area contributed by atoms with Crippen molar-refractivity contribution >= 4 is 11.7 Å². The van der Waals surface area contributed by atoms with E-state index in [1.54, 1.807) is 0 Å². The van der Waals surface area contributed by atoms with Crippen LogP contribution in [-0.2, 0) is 0 Å². The summed E-state index contributed by atoms with van der Waals surface area (Å²) in [4.78, 5) is 6.16. The Morgan fingerprint density at radius 3 is 2.82 bits per heavy atom. The maximum atomic E-state index is 13.0. The average Bonchev–Trinajstić information content (AvgIpc) is 2.82. The lowest BCUT2D eigenvalue weighted by Crippen LogP contribution is -2.30. The molecule has 2 aliphatic rings. The summed E-state index contributed by atoms with van der Waals surface area (Å²) in [6.07, 6.45) is 1.46. The van der Waals surface area contributed by atoms with Crippen LogP contribution in [0.4, 0.5) is 10.2 Å². The highest BCUT2D eigenvalue weighted by atomic mass is 19.1. The first kappa shape index (κ1) is 10.5. The predicted octanol–water partition coefficient (Wildman–Crippen LogP) is 0.859. The van der Waals surface area contributed by atoms with E-state index in [0.717, 1.165) is 13.1 Å². The summed E-state index contributed by atoms with van der Waals surface area (Å²) in [6.45, 7) is 1.55. The summed E-state index contributed by atoms with van der Waals surface area (Å²) >= 11 is 0. The zero-order valence-corrected chi connectivity index (χ0v) is 9.10. The van der Waals surface area contributed by atoms with Gasteiger partial charge in [0, 0.05) is 31.3 Å². The molecule has 6 heteroatoms. The van der Waals surface area contributed by atoms with Crippen molar-refractivity contribution in [2.24, 2.45) is 17.8 Å². The maximum absolute atomic E-state index is 13.0. The van der Waals surface area contributed by atoms with Crippen LogP contribution in [0, 0.1) is 29.0 Å². The van der Waals surface area contributed by atoms with Crippen LogP contribution in [-0.4, -0.2) is 29.1 Å². The molecule has 2 unspecified atom stereocenters. The van der Waals surface area contributed by atoms with Crippen LogP contribution in [0.3, 0.4) is 0 Å². The standard InChI is InChI=1S/C11H13FN4O/c12-6-1-2-14-9(3-6)16-4-7-8(5-16)10(7)11(13)15-17/h1-3,7-8,10,17H,4-5H2,(H2,13,15). The van der Waals surface area contributed by atoms with Crippen LogP contribution in [0.2, 0.25) is 0 Å². The van der Waals surface area contributed by atoms with E-state index in [-0.39, 0.29) is 17.6 Å². The fourth-order valence-corrected chi connectivity index (χ4v) is 2.78. The molecule has 1 saturated heterocycles. The molecular weight excluding hydrogens is 223 g/mol. The number of nitrogens with one attached hydrogen (secondary N) is 2. The summed E-state index contributed by atoms with van der Waals surface area (Å²) in [5.41, 5.74) is 1.91. The first-order valence-electron chi connectivity index (χ1n) is 5.55. The average molecular weight is 236 g/mol. The zero-order chi connectivity index (χ0) is 12.0. The van der Waals surface area contributed by atoms with Crippen molar-refractivity contribution in [3.8, 4) is 0 Å². The van der Waals surface area contributed by atoms with E-state index in [4.69, 9.17) is 10.6 Å². The number of piperidine rings is 1. The van der Waals surface area contributed by atoms with Gasteiger partial charge in [-0.15, -0.1) is 0 Å². The predicted molar refractivity (Wildman–Crippen MR) is 59.5 cm³/mol. The molecule has 1 aromatic heterocycles. The molecule has 1 aliphatic heterocycles. The number of hydroxylamine groups is 1. The van der Waals surface area contributed by atoms with Crippen molar-refractivity contribution in [2.75, 3.05) is 18.0 Å². The molecule has 1 aromatic rings. The van der Waals surface area contributed by atoms with Gasteiger partial charge in [-0.1, -0.05) is 0 Å². The molecule has 0 aromatic carbocycles. The van der Waals surface area contributed by atoms with E-state index in [0.29, 0.717) is 17.7 Å². The normalized spacial score (nSPS) is 30.0. The van der Waals surface area contributed by atoms with Crippen LogP contribution in [0.15, 0.2) is 18.3 Å². The first-order chi connectivity index (χ1) is 8.20. The Morgan fingerprint density at radius 2 is 2.24 bits per heavy atom. The Bertz CT molecular complexity index is 455. The number of anilines is 1. The van der Waals surface area contributed by atoms with Crippen LogP contribution in [0.1, 0.15) is 0 Å². The van der Waals surface area contributed by atoms with Gasteiger partial charge in [-0.2, -0.15) is 0 Å². The molecule has 17 heavy (non-hydrogen) atoms. The molecule has 3 N–H and O–H groups in total. The molecule has 2 fully saturated rings. The fourth-order valence-electron chi connectivity index (χ4n) is 2.78. The summed E-state index contributed by atoms with van der Waals surface area (Å²) in [5.74, 6) is 1.45. The number of amidine groups is 1. The van der Waals surface area contributed by atoms with Gasteiger partial charge in [0.05, 0.1) is 0 Å². The van der Waals surface area contributed by atoms with Gasteiger partial charge < -0.3 is 4.90 Å². The third-order valence-corrected chi connectivity index (χ3v) is 3.68. The molecule has 0 radical (unpaired) electrons. The van der Waals surface area contributed by atoms with E-state index < -0.39 is 0 Å². The summed E-state index contributed by atoms with van der Waals surface area (Å²) in [6, 6.07) is 2.75. The van der Waals surface area contributed by atoms with Crippen molar-refractivity contribution in [1.82, 2.24) is 10.5 Å². The molecule has 90 valence electrons. The molecule has 3 rings (SSSR count). The lowest BCUT2D eigenvalue weighted by atomic mass is 10.2. The third-order valence-electron chi connectivity index (χ3n) is 3.68. The number of hydrogen-bond acceptors (Lipinski definition) is 4. The second kappa shape index (κ2) is 3.66. The van der Waals surface area contributed by atoms with Gasteiger partial charge in [0.2, 0.25) is 0 Å². The fraction of sp³-hybridized carbons (Fsp3) is 0.455. The van der Waals surface area contributed by atoms with E-state index in [1.165, 1.54) is 18.3 Å². The van der Waals surface area contributed by atoms with Gasteiger partial charge >= 0.3 is 0 Å². The minimum atomic E-state index is -0.281. The number of aromatic nitrogens is 1. The largest absolute Gasteiger partial charge is 0.356 e. The lowest BCUT2D eigenvalue weighted by molar-refractivity contribution is 0.228. The summed E-state index contributed by atoms with van der Waals surface area (Å²) in [5, 5.41) is 16.2. The van der Waals surface area contributed by atoms with E-state index in [1.807, 2.05) is 10.4 Å². The molecule has 0 bridgehead atoms. The van der Waals surface area contributed by atoms with Crippen molar-refractivity contribution in [2.45, 2.75) is 0 Å². The van der Waals surface area contributed by atoms with Crippen molar-refractivity contribution in [3.05, 3.63) is 24.1 Å². The molecule has 1 aliphatic carbocycles. The molecule has 1 saturated carbocycles. The van der Waals surface area contributed by atoms with Gasteiger partial charge in [-0.3, -0.25) is 16.1 Å². The molecule has 0 spiro atoms. The van der Waals surface area contributed by atoms with E-state index >= 15 is 0 Å². The number of fused-ring (bicyclic) bond motifs is 1. The number of pyridine rings is 1. The molecule has 2 atom stereocenters. The number of halogens is 1. The topological polar surface area (TPSA) is 72.2 Å². The molecule has 2 heterocycles. The van der Waals surface area contributed by atoms with Crippen molar-refractivity contribution < 1.29 is 9.60 Å². The van der Waals surface area contributed by atoms with Gasteiger partial charge in [0.25, 0.3) is 0 Å². The number of hydrogen-bond donors (Lipinski definition) is 3. The smallest absolute Gasteiger partial charge is 0.131 e. The van der Waals surface area contributed by atoms with Crippen LogP contribution < -0.4 is 10.4 Å². The zero-order valence-electron chi connectivity index (χ0n) is 9.10. The Hall–Kier alpha value is -1.69. The first-order valence-corrected chi connectivity index (χ1v) is 5.55. The Kier molecular flexibility index (Phi) is 2.25. The number of nitrogens with zero attached hydrogens (tertiary/aromatic N) is 2. The number of rotatable bonds is 2. The van der Waals surface area contributed by atoms with Crippen molar-refractivity contribution in [1.29, 1.82) is 5.41 Å². The van der Waals surface area contributed by atoms with Gasteiger partial charge in [-0.05, 0) is 17.9 Å².